The number of rotatable bonds is 2. The van der Waals surface area contributed by atoms with Gasteiger partial charge in [-0.2, -0.15) is 0 Å². The first-order valence-corrected chi connectivity index (χ1v) is 6.59. The molecule has 0 atom stereocenters. The first-order valence-electron chi connectivity index (χ1n) is 6.22. The van der Waals surface area contributed by atoms with Crippen LogP contribution in [0.2, 0.25) is 5.28 Å². The smallest absolute Gasteiger partial charge is 0.202 e. The van der Waals surface area contributed by atoms with Gasteiger partial charge in [0, 0.05) is 25.2 Å². The number of benzene rings is 1. The van der Waals surface area contributed by atoms with E-state index in [1.165, 1.54) is 0 Å². The van der Waals surface area contributed by atoms with Crippen LogP contribution in [0.5, 0.6) is 5.75 Å². The SMILES string of the molecule is CN(C)c1nc(Cl)[nH]c2c(-c3ccccc3)c(O)cc1-2. The van der Waals surface area contributed by atoms with Crippen molar-refractivity contribution in [1.29, 1.82) is 0 Å². The number of fused-ring (bicyclic) bond motifs is 1. The first kappa shape index (κ1) is 12.8. The minimum atomic E-state index is 0.217. The van der Waals surface area contributed by atoms with Crippen molar-refractivity contribution in [3.63, 3.8) is 0 Å². The fraction of sp³-hybridized carbons (Fsp3) is 0.133. The van der Waals surface area contributed by atoms with Crippen molar-refractivity contribution in [2.75, 3.05) is 19.0 Å². The molecule has 4 nitrogen and oxygen atoms in total. The summed E-state index contributed by atoms with van der Waals surface area (Å²) in [7, 11) is 3.79. The van der Waals surface area contributed by atoms with E-state index >= 15 is 0 Å². The van der Waals surface area contributed by atoms with E-state index in [4.69, 9.17) is 11.6 Å². The van der Waals surface area contributed by atoms with Gasteiger partial charge in [0.1, 0.15) is 11.6 Å². The molecule has 0 aromatic heterocycles. The Morgan fingerprint density at radius 3 is 2.55 bits per heavy atom. The molecule has 0 amide bonds. The Kier molecular flexibility index (Phi) is 3.03. The Morgan fingerprint density at radius 1 is 1.20 bits per heavy atom. The maximum atomic E-state index is 10.3. The summed E-state index contributed by atoms with van der Waals surface area (Å²) in [6.07, 6.45) is 0. The standard InChI is InChI=1S/C15H14ClN3O/c1-19(2)14-10-8-11(20)12(9-6-4-3-5-7-9)13(10)17-15(16)18-14/h3-8,20H,1-2H3,(H,17,18). The molecule has 1 aliphatic heterocycles. The topological polar surface area (TPSA) is 52.2 Å². The average Bonchev–Trinajstić information content (AvgIpc) is 2.74. The highest BCUT2D eigenvalue weighted by atomic mass is 35.5. The number of anilines is 1. The van der Waals surface area contributed by atoms with Gasteiger partial charge in [0.25, 0.3) is 0 Å². The Morgan fingerprint density at radius 2 is 1.90 bits per heavy atom. The molecule has 1 aliphatic carbocycles. The molecule has 1 heterocycles. The molecule has 0 fully saturated rings. The van der Waals surface area contributed by atoms with Crippen molar-refractivity contribution in [2.24, 2.45) is 0 Å². The van der Waals surface area contributed by atoms with E-state index in [2.05, 4.69) is 9.97 Å². The third-order valence-corrected chi connectivity index (χ3v) is 3.39. The van der Waals surface area contributed by atoms with Crippen LogP contribution >= 0.6 is 11.6 Å². The highest BCUT2D eigenvalue weighted by Crippen LogP contribution is 2.45. The van der Waals surface area contributed by atoms with Gasteiger partial charge in [-0.15, -0.1) is 0 Å². The molecule has 2 aliphatic rings. The van der Waals surface area contributed by atoms with Gasteiger partial charge in [0.05, 0.1) is 5.69 Å². The number of hydrogen-bond donors (Lipinski definition) is 2. The molecule has 0 saturated carbocycles. The molecule has 5 heteroatoms. The molecule has 3 rings (SSSR count). The lowest BCUT2D eigenvalue weighted by atomic mass is 10.1. The van der Waals surface area contributed by atoms with Crippen molar-refractivity contribution in [1.82, 2.24) is 9.97 Å². The molecule has 1 aromatic rings. The number of hydrogen-bond acceptors (Lipinski definition) is 3. The summed E-state index contributed by atoms with van der Waals surface area (Å²) in [5.41, 5.74) is 3.31. The van der Waals surface area contributed by atoms with E-state index in [9.17, 15) is 5.11 Å². The zero-order chi connectivity index (χ0) is 14.3. The van der Waals surface area contributed by atoms with Gasteiger partial charge in [-0.05, 0) is 23.2 Å². The molecule has 0 radical (unpaired) electrons. The van der Waals surface area contributed by atoms with Gasteiger partial charge in [-0.3, -0.25) is 0 Å². The fourth-order valence-electron chi connectivity index (χ4n) is 2.37. The van der Waals surface area contributed by atoms with Crippen LogP contribution < -0.4 is 4.90 Å². The van der Waals surface area contributed by atoms with Crippen molar-refractivity contribution >= 4 is 17.4 Å². The van der Waals surface area contributed by atoms with Crippen molar-refractivity contribution in [3.8, 4) is 28.1 Å². The Hall–Kier alpha value is -2.20. The van der Waals surface area contributed by atoms with Gasteiger partial charge in [-0.1, -0.05) is 30.3 Å². The highest BCUT2D eigenvalue weighted by Gasteiger charge is 2.23. The number of halogens is 1. The lowest BCUT2D eigenvalue weighted by molar-refractivity contribution is 0.479. The molecule has 0 bridgehead atoms. The molecule has 0 unspecified atom stereocenters. The maximum Gasteiger partial charge on any atom is 0.202 e. The monoisotopic (exact) mass is 287 g/mol. The van der Waals surface area contributed by atoms with Gasteiger partial charge >= 0.3 is 0 Å². The first-order chi connectivity index (χ1) is 9.58. The zero-order valence-electron chi connectivity index (χ0n) is 11.2. The Labute approximate surface area is 122 Å². The Bertz CT molecular complexity index is 722. The van der Waals surface area contributed by atoms with Crippen LogP contribution in [-0.4, -0.2) is 29.2 Å². The molecular weight excluding hydrogens is 274 g/mol. The van der Waals surface area contributed by atoms with Crippen LogP contribution in [-0.2, 0) is 0 Å². The van der Waals surface area contributed by atoms with E-state index in [1.807, 2.05) is 49.3 Å². The second-order valence-corrected chi connectivity index (χ2v) is 5.16. The van der Waals surface area contributed by atoms with Crippen LogP contribution in [0.1, 0.15) is 0 Å². The molecule has 102 valence electrons. The average molecular weight is 288 g/mol. The minimum absolute atomic E-state index is 0.217. The third-order valence-electron chi connectivity index (χ3n) is 3.22. The highest BCUT2D eigenvalue weighted by molar-refractivity contribution is 6.28. The van der Waals surface area contributed by atoms with Crippen LogP contribution in [0.15, 0.2) is 36.4 Å². The second-order valence-electron chi connectivity index (χ2n) is 4.80. The molecular formula is C15H14ClN3O. The second kappa shape index (κ2) is 4.72. The van der Waals surface area contributed by atoms with E-state index in [-0.39, 0.29) is 5.75 Å². The van der Waals surface area contributed by atoms with Crippen LogP contribution in [0.25, 0.3) is 22.4 Å². The molecule has 0 spiro atoms. The van der Waals surface area contributed by atoms with Crippen LogP contribution in [0.4, 0.5) is 5.82 Å². The predicted octanol–water partition coefficient (Wildman–Crippen LogP) is 3.61. The number of aromatic nitrogens is 2. The normalized spacial score (nSPS) is 10.9. The summed E-state index contributed by atoms with van der Waals surface area (Å²) in [4.78, 5) is 9.19. The number of nitrogens with zero attached hydrogens (tertiary/aromatic N) is 2. The van der Waals surface area contributed by atoms with Crippen molar-refractivity contribution < 1.29 is 5.11 Å². The predicted molar refractivity (Wildman–Crippen MR) is 81.6 cm³/mol. The van der Waals surface area contributed by atoms with Crippen LogP contribution in [0.3, 0.4) is 0 Å². The quantitative estimate of drug-likeness (QED) is 0.708. The molecule has 2 N–H and O–H groups in total. The zero-order valence-corrected chi connectivity index (χ0v) is 11.9. The molecule has 1 aromatic carbocycles. The summed E-state index contributed by atoms with van der Waals surface area (Å²) in [6.45, 7) is 0. The minimum Gasteiger partial charge on any atom is -0.507 e. The van der Waals surface area contributed by atoms with Gasteiger partial charge in [0.2, 0.25) is 5.28 Å². The summed E-state index contributed by atoms with van der Waals surface area (Å²) >= 11 is 6.06. The van der Waals surface area contributed by atoms with E-state index < -0.39 is 0 Å². The molecule has 20 heavy (non-hydrogen) atoms. The number of aromatic hydroxyl groups is 1. The number of H-pyrrole nitrogens is 1. The summed E-state index contributed by atoms with van der Waals surface area (Å²) < 4.78 is 0. The van der Waals surface area contributed by atoms with Gasteiger partial charge in [0.15, 0.2) is 0 Å². The van der Waals surface area contributed by atoms with Gasteiger partial charge in [-0.25, -0.2) is 4.98 Å². The van der Waals surface area contributed by atoms with Crippen molar-refractivity contribution in [2.45, 2.75) is 0 Å². The largest absolute Gasteiger partial charge is 0.507 e. The van der Waals surface area contributed by atoms with Crippen molar-refractivity contribution in [3.05, 3.63) is 41.7 Å². The van der Waals surface area contributed by atoms with E-state index in [0.717, 1.165) is 28.2 Å². The summed E-state index contributed by atoms with van der Waals surface area (Å²) in [5, 5.41) is 10.6. The van der Waals surface area contributed by atoms with Crippen LogP contribution in [0, 0.1) is 0 Å². The number of aromatic amines is 1. The lowest BCUT2D eigenvalue weighted by Gasteiger charge is -2.16. The van der Waals surface area contributed by atoms with Gasteiger partial charge < -0.3 is 15.0 Å². The summed E-state index contributed by atoms with van der Waals surface area (Å²) in [5.74, 6) is 0.941. The van der Waals surface area contributed by atoms with E-state index in [1.54, 1.807) is 6.07 Å². The maximum absolute atomic E-state index is 10.3. The fourth-order valence-corrected chi connectivity index (χ4v) is 2.55. The molecule has 0 saturated heterocycles. The number of nitrogens with one attached hydrogen (secondary N) is 1. The summed E-state index contributed by atoms with van der Waals surface area (Å²) in [6, 6.07) is 11.4. The Balaban J connectivity index is 2.30. The third kappa shape index (κ3) is 1.98. The van der Waals surface area contributed by atoms with E-state index in [0.29, 0.717) is 5.28 Å². The lowest BCUT2D eigenvalue weighted by Crippen LogP contribution is -2.12.